The average molecular weight is 168 g/mol. The average Bonchev–Trinajstić information content (AvgIpc) is 2.07. The predicted octanol–water partition coefficient (Wildman–Crippen LogP) is 2.89. The van der Waals surface area contributed by atoms with Crippen LogP contribution in [0, 0.1) is 5.92 Å². The van der Waals surface area contributed by atoms with Gasteiger partial charge in [-0.1, -0.05) is 25.8 Å². The summed E-state index contributed by atoms with van der Waals surface area (Å²) in [7, 11) is 0. The van der Waals surface area contributed by atoms with Crippen LogP contribution >= 0.6 is 0 Å². The van der Waals surface area contributed by atoms with E-state index >= 15 is 0 Å². The lowest BCUT2D eigenvalue weighted by Crippen LogP contribution is -2.38. The predicted molar refractivity (Wildman–Crippen MR) is 52.0 cm³/mol. The fourth-order valence-electron chi connectivity index (χ4n) is 2.12. The van der Waals surface area contributed by atoms with E-state index in [9.17, 15) is 5.11 Å². The molecule has 0 heterocycles. The van der Waals surface area contributed by atoms with Crippen molar-refractivity contribution in [3.63, 3.8) is 0 Å². The number of allylic oxidation sites excluding steroid dienone is 1. The highest BCUT2D eigenvalue weighted by Gasteiger charge is 2.34. The maximum Gasteiger partial charge on any atom is 0.0676 e. The molecule has 0 aliphatic heterocycles. The molecule has 0 bridgehead atoms. The molecule has 1 heteroatoms. The van der Waals surface area contributed by atoms with Gasteiger partial charge in [0.15, 0.2) is 0 Å². The lowest BCUT2D eigenvalue weighted by atomic mass is 9.74. The van der Waals surface area contributed by atoms with Gasteiger partial charge in [0.2, 0.25) is 0 Å². The first-order chi connectivity index (χ1) is 5.69. The quantitative estimate of drug-likeness (QED) is 0.642. The van der Waals surface area contributed by atoms with Crippen molar-refractivity contribution in [2.24, 2.45) is 5.92 Å². The Balaban J connectivity index is 2.47. The van der Waals surface area contributed by atoms with Crippen LogP contribution in [0.5, 0.6) is 0 Å². The van der Waals surface area contributed by atoms with Crippen molar-refractivity contribution in [3.05, 3.63) is 12.7 Å². The second-order valence-corrected chi connectivity index (χ2v) is 4.08. The Hall–Kier alpha value is -0.300. The Morgan fingerprint density at radius 1 is 1.58 bits per heavy atom. The van der Waals surface area contributed by atoms with Gasteiger partial charge in [0.1, 0.15) is 0 Å². The Bertz CT molecular complexity index is 153. The molecular weight excluding hydrogens is 148 g/mol. The first-order valence-corrected chi connectivity index (χ1v) is 5.02. The van der Waals surface area contributed by atoms with Crippen LogP contribution in [0.4, 0.5) is 0 Å². The van der Waals surface area contributed by atoms with Gasteiger partial charge in [-0.2, -0.15) is 0 Å². The van der Waals surface area contributed by atoms with Gasteiger partial charge < -0.3 is 5.11 Å². The molecule has 2 unspecified atom stereocenters. The van der Waals surface area contributed by atoms with Gasteiger partial charge in [-0.3, -0.25) is 0 Å². The molecule has 1 N–H and O–H groups in total. The Labute approximate surface area is 75.5 Å². The summed E-state index contributed by atoms with van der Waals surface area (Å²) >= 11 is 0. The van der Waals surface area contributed by atoms with Crippen molar-refractivity contribution in [1.82, 2.24) is 0 Å². The maximum atomic E-state index is 10.2. The molecule has 1 rings (SSSR count). The minimum atomic E-state index is -0.382. The molecule has 2 atom stereocenters. The third kappa shape index (κ3) is 2.10. The van der Waals surface area contributed by atoms with E-state index in [2.05, 4.69) is 13.5 Å². The number of aliphatic hydroxyl groups is 1. The lowest BCUT2D eigenvalue weighted by Gasteiger charge is -2.38. The van der Waals surface area contributed by atoms with E-state index in [0.717, 1.165) is 19.3 Å². The van der Waals surface area contributed by atoms with E-state index in [1.807, 2.05) is 6.08 Å². The number of hydrogen-bond acceptors (Lipinski definition) is 1. The van der Waals surface area contributed by atoms with E-state index in [4.69, 9.17) is 0 Å². The van der Waals surface area contributed by atoms with Crippen molar-refractivity contribution >= 4 is 0 Å². The fraction of sp³-hybridized carbons (Fsp3) is 0.818. The summed E-state index contributed by atoms with van der Waals surface area (Å²) in [6.07, 6.45) is 8.41. The first kappa shape index (κ1) is 9.79. The first-order valence-electron chi connectivity index (χ1n) is 5.02. The van der Waals surface area contributed by atoms with E-state index in [1.54, 1.807) is 0 Å². The van der Waals surface area contributed by atoms with Gasteiger partial charge in [0, 0.05) is 0 Å². The van der Waals surface area contributed by atoms with E-state index in [-0.39, 0.29) is 5.60 Å². The van der Waals surface area contributed by atoms with Crippen LogP contribution in [0.25, 0.3) is 0 Å². The molecule has 1 saturated carbocycles. The Morgan fingerprint density at radius 2 is 2.33 bits per heavy atom. The fourth-order valence-corrected chi connectivity index (χ4v) is 2.12. The highest BCUT2D eigenvalue weighted by atomic mass is 16.3. The monoisotopic (exact) mass is 168 g/mol. The lowest BCUT2D eigenvalue weighted by molar-refractivity contribution is -0.0470. The van der Waals surface area contributed by atoms with Crippen molar-refractivity contribution < 1.29 is 5.11 Å². The number of hydrogen-bond donors (Lipinski definition) is 1. The molecule has 0 amide bonds. The largest absolute Gasteiger partial charge is 0.390 e. The third-order valence-corrected chi connectivity index (χ3v) is 3.20. The zero-order chi connectivity index (χ0) is 9.03. The highest BCUT2D eigenvalue weighted by Crippen LogP contribution is 2.36. The minimum Gasteiger partial charge on any atom is -0.390 e. The minimum absolute atomic E-state index is 0.382. The molecule has 0 saturated heterocycles. The van der Waals surface area contributed by atoms with Gasteiger partial charge in [-0.25, -0.2) is 0 Å². The molecule has 0 radical (unpaired) electrons. The standard InChI is InChI=1S/C11H20O/c1-3-4-8-11(12)9-6-5-7-10(11)2/h3,10,12H,1,4-9H2,2H3. The van der Waals surface area contributed by atoms with Crippen molar-refractivity contribution in [1.29, 1.82) is 0 Å². The van der Waals surface area contributed by atoms with Crippen LogP contribution < -0.4 is 0 Å². The van der Waals surface area contributed by atoms with Crippen LogP contribution in [-0.4, -0.2) is 10.7 Å². The topological polar surface area (TPSA) is 20.2 Å². The van der Waals surface area contributed by atoms with Crippen LogP contribution in [0.2, 0.25) is 0 Å². The Kier molecular flexibility index (Phi) is 3.33. The van der Waals surface area contributed by atoms with Gasteiger partial charge in [-0.15, -0.1) is 6.58 Å². The summed E-state index contributed by atoms with van der Waals surface area (Å²) < 4.78 is 0. The summed E-state index contributed by atoms with van der Waals surface area (Å²) in [4.78, 5) is 0. The zero-order valence-corrected chi connectivity index (χ0v) is 8.05. The van der Waals surface area contributed by atoms with E-state index < -0.39 is 0 Å². The highest BCUT2D eigenvalue weighted by molar-refractivity contribution is 4.89. The third-order valence-electron chi connectivity index (χ3n) is 3.20. The summed E-state index contributed by atoms with van der Waals surface area (Å²) in [5.74, 6) is 0.478. The van der Waals surface area contributed by atoms with Crippen molar-refractivity contribution in [3.8, 4) is 0 Å². The van der Waals surface area contributed by atoms with E-state index in [0.29, 0.717) is 5.92 Å². The van der Waals surface area contributed by atoms with Crippen LogP contribution in [0.15, 0.2) is 12.7 Å². The summed E-state index contributed by atoms with van der Waals surface area (Å²) in [5, 5.41) is 10.2. The summed E-state index contributed by atoms with van der Waals surface area (Å²) in [6.45, 7) is 5.86. The molecule has 1 aliphatic rings. The zero-order valence-electron chi connectivity index (χ0n) is 8.05. The van der Waals surface area contributed by atoms with Crippen molar-refractivity contribution in [2.75, 3.05) is 0 Å². The molecule has 1 fully saturated rings. The summed E-state index contributed by atoms with van der Waals surface area (Å²) in [5.41, 5.74) is -0.382. The van der Waals surface area contributed by atoms with Gasteiger partial charge >= 0.3 is 0 Å². The van der Waals surface area contributed by atoms with Gasteiger partial charge in [0.25, 0.3) is 0 Å². The second-order valence-electron chi connectivity index (χ2n) is 4.08. The number of rotatable bonds is 3. The molecule has 1 aliphatic carbocycles. The van der Waals surface area contributed by atoms with Crippen LogP contribution in [0.1, 0.15) is 45.4 Å². The SMILES string of the molecule is C=CCCC1(O)CCCCC1C. The summed E-state index contributed by atoms with van der Waals surface area (Å²) in [6, 6.07) is 0. The smallest absolute Gasteiger partial charge is 0.0676 e. The molecule has 12 heavy (non-hydrogen) atoms. The Morgan fingerprint density at radius 3 is 2.92 bits per heavy atom. The normalized spacial score (nSPS) is 36.3. The molecule has 70 valence electrons. The van der Waals surface area contributed by atoms with Gasteiger partial charge in [0.05, 0.1) is 5.60 Å². The van der Waals surface area contributed by atoms with Crippen LogP contribution in [-0.2, 0) is 0 Å². The van der Waals surface area contributed by atoms with Crippen molar-refractivity contribution in [2.45, 2.75) is 51.0 Å². The molecule has 0 aromatic rings. The molecular formula is C11H20O. The molecule has 1 nitrogen and oxygen atoms in total. The molecule has 0 aromatic heterocycles. The van der Waals surface area contributed by atoms with Gasteiger partial charge in [-0.05, 0) is 31.6 Å². The van der Waals surface area contributed by atoms with Crippen LogP contribution in [0.3, 0.4) is 0 Å². The second kappa shape index (κ2) is 4.08. The molecule has 0 spiro atoms. The van der Waals surface area contributed by atoms with E-state index in [1.165, 1.54) is 19.3 Å². The maximum absolute atomic E-state index is 10.2. The molecule has 0 aromatic carbocycles.